The predicted octanol–water partition coefficient (Wildman–Crippen LogP) is 4.34. The maximum Gasteiger partial charge on any atom is 0.255 e. The summed E-state index contributed by atoms with van der Waals surface area (Å²) in [6.07, 6.45) is 2.86. The predicted molar refractivity (Wildman–Crippen MR) is 102 cm³/mol. The maximum atomic E-state index is 12.5. The smallest absolute Gasteiger partial charge is 0.255 e. The average Bonchev–Trinajstić information content (AvgIpc) is 2.63. The Morgan fingerprint density at radius 3 is 2.16 bits per heavy atom. The first kappa shape index (κ1) is 18.7. The lowest BCUT2D eigenvalue weighted by Gasteiger charge is -2.13. The number of hydrogen-bond donors (Lipinski definition) is 2. The van der Waals surface area contributed by atoms with Crippen LogP contribution < -0.4 is 10.6 Å². The summed E-state index contributed by atoms with van der Waals surface area (Å²) >= 11 is 0. The molecule has 132 valence electrons. The molecule has 0 aliphatic rings. The lowest BCUT2D eigenvalue weighted by Crippen LogP contribution is -2.24. The van der Waals surface area contributed by atoms with Gasteiger partial charge in [-0.25, -0.2) is 0 Å². The fourth-order valence-corrected chi connectivity index (χ4v) is 2.64. The molecule has 4 nitrogen and oxygen atoms in total. The van der Waals surface area contributed by atoms with E-state index in [2.05, 4.69) is 24.5 Å². The van der Waals surface area contributed by atoms with E-state index >= 15 is 0 Å². The van der Waals surface area contributed by atoms with Gasteiger partial charge in [-0.1, -0.05) is 38.5 Å². The molecular weight excluding hydrogens is 312 g/mol. The molecule has 0 radical (unpaired) electrons. The Morgan fingerprint density at radius 2 is 1.56 bits per heavy atom. The Hall–Kier alpha value is -2.62. The van der Waals surface area contributed by atoms with E-state index in [1.807, 2.05) is 25.1 Å². The van der Waals surface area contributed by atoms with Crippen molar-refractivity contribution in [3.63, 3.8) is 0 Å². The van der Waals surface area contributed by atoms with E-state index in [1.54, 1.807) is 24.3 Å². The van der Waals surface area contributed by atoms with E-state index in [1.165, 1.54) is 0 Å². The molecule has 0 bridgehead atoms. The standard InChI is InChI=1S/C21H26N2O2/c1-4-6-14-22-20(24)17-10-12-18(13-11-17)21(25)23-19-15(3)8-7-9-16(19)5-2/h7-13H,4-6,14H2,1-3H3,(H,22,24)(H,23,25). The van der Waals surface area contributed by atoms with Gasteiger partial charge in [-0.3, -0.25) is 9.59 Å². The Kier molecular flexibility index (Phi) is 6.75. The zero-order valence-corrected chi connectivity index (χ0v) is 15.2. The summed E-state index contributed by atoms with van der Waals surface area (Å²) in [6.45, 7) is 6.80. The van der Waals surface area contributed by atoms with Crippen LogP contribution in [-0.2, 0) is 6.42 Å². The first-order chi connectivity index (χ1) is 12.1. The van der Waals surface area contributed by atoms with Crippen molar-refractivity contribution in [2.75, 3.05) is 11.9 Å². The van der Waals surface area contributed by atoms with Crippen LogP contribution in [-0.4, -0.2) is 18.4 Å². The van der Waals surface area contributed by atoms with Crippen LogP contribution in [0.25, 0.3) is 0 Å². The average molecular weight is 338 g/mol. The van der Waals surface area contributed by atoms with E-state index in [-0.39, 0.29) is 11.8 Å². The highest BCUT2D eigenvalue weighted by molar-refractivity contribution is 6.05. The number of benzene rings is 2. The van der Waals surface area contributed by atoms with Crippen LogP contribution in [0.15, 0.2) is 42.5 Å². The van der Waals surface area contributed by atoms with Crippen molar-refractivity contribution < 1.29 is 9.59 Å². The van der Waals surface area contributed by atoms with E-state index in [9.17, 15) is 9.59 Å². The van der Waals surface area contributed by atoms with Gasteiger partial charge in [0.15, 0.2) is 0 Å². The second kappa shape index (κ2) is 9.02. The number of amides is 2. The minimum Gasteiger partial charge on any atom is -0.352 e. The third-order valence-electron chi connectivity index (χ3n) is 4.20. The van der Waals surface area contributed by atoms with Gasteiger partial charge in [0.25, 0.3) is 11.8 Å². The highest BCUT2D eigenvalue weighted by Gasteiger charge is 2.12. The molecule has 4 heteroatoms. The Bertz CT molecular complexity index is 736. The number of carbonyl (C=O) groups is 2. The van der Waals surface area contributed by atoms with Gasteiger partial charge in [0, 0.05) is 23.4 Å². The molecule has 0 aliphatic carbocycles. The molecule has 0 aromatic heterocycles. The van der Waals surface area contributed by atoms with Crippen LogP contribution in [0.1, 0.15) is 58.5 Å². The topological polar surface area (TPSA) is 58.2 Å². The number of carbonyl (C=O) groups excluding carboxylic acids is 2. The fraction of sp³-hybridized carbons (Fsp3) is 0.333. The first-order valence-electron chi connectivity index (χ1n) is 8.84. The van der Waals surface area contributed by atoms with Gasteiger partial charge in [-0.2, -0.15) is 0 Å². The third kappa shape index (κ3) is 4.92. The van der Waals surface area contributed by atoms with Crippen LogP contribution >= 0.6 is 0 Å². The van der Waals surface area contributed by atoms with Crippen molar-refractivity contribution in [3.05, 3.63) is 64.7 Å². The number of hydrogen-bond acceptors (Lipinski definition) is 2. The van der Waals surface area contributed by atoms with Crippen LogP contribution in [0.2, 0.25) is 0 Å². The molecule has 0 fully saturated rings. The molecule has 0 atom stereocenters. The minimum atomic E-state index is -0.165. The summed E-state index contributed by atoms with van der Waals surface area (Å²) in [6, 6.07) is 12.8. The lowest BCUT2D eigenvalue weighted by atomic mass is 10.0. The number of aryl methyl sites for hydroxylation is 2. The minimum absolute atomic E-state index is 0.104. The summed E-state index contributed by atoms with van der Waals surface area (Å²) in [5.41, 5.74) is 4.13. The molecule has 0 aliphatic heterocycles. The molecule has 2 N–H and O–H groups in total. The van der Waals surface area contributed by atoms with Crippen molar-refractivity contribution in [3.8, 4) is 0 Å². The Balaban J connectivity index is 2.07. The quantitative estimate of drug-likeness (QED) is 0.738. The Morgan fingerprint density at radius 1 is 0.920 bits per heavy atom. The zero-order chi connectivity index (χ0) is 18.2. The van der Waals surface area contributed by atoms with Crippen molar-refractivity contribution in [1.29, 1.82) is 0 Å². The second-order valence-electron chi connectivity index (χ2n) is 6.10. The molecular formula is C21H26N2O2. The van der Waals surface area contributed by atoms with E-state index in [0.29, 0.717) is 17.7 Å². The number of para-hydroxylation sites is 1. The first-order valence-corrected chi connectivity index (χ1v) is 8.84. The number of nitrogens with one attached hydrogen (secondary N) is 2. The molecule has 0 heterocycles. The van der Waals surface area contributed by atoms with Gasteiger partial charge >= 0.3 is 0 Å². The van der Waals surface area contributed by atoms with Crippen LogP contribution in [0.4, 0.5) is 5.69 Å². The van der Waals surface area contributed by atoms with Gasteiger partial charge in [-0.15, -0.1) is 0 Å². The van der Waals surface area contributed by atoms with Crippen LogP contribution in [0, 0.1) is 6.92 Å². The van der Waals surface area contributed by atoms with Gasteiger partial charge in [0.05, 0.1) is 0 Å². The number of unbranched alkanes of at least 4 members (excludes halogenated alkanes) is 1. The maximum absolute atomic E-state index is 12.5. The number of anilines is 1. The SMILES string of the molecule is CCCCNC(=O)c1ccc(C(=O)Nc2c(C)cccc2CC)cc1. The van der Waals surface area contributed by atoms with Crippen LogP contribution in [0.3, 0.4) is 0 Å². The van der Waals surface area contributed by atoms with Crippen LogP contribution in [0.5, 0.6) is 0 Å². The number of rotatable bonds is 7. The lowest BCUT2D eigenvalue weighted by molar-refractivity contribution is 0.0951. The molecule has 0 saturated heterocycles. The Labute approximate surface area is 149 Å². The van der Waals surface area contributed by atoms with E-state index in [0.717, 1.165) is 36.1 Å². The molecule has 0 unspecified atom stereocenters. The highest BCUT2D eigenvalue weighted by Crippen LogP contribution is 2.22. The van der Waals surface area contributed by atoms with Gasteiger partial charge < -0.3 is 10.6 Å². The summed E-state index contributed by atoms with van der Waals surface area (Å²) in [7, 11) is 0. The zero-order valence-electron chi connectivity index (χ0n) is 15.2. The van der Waals surface area contributed by atoms with Crippen molar-refractivity contribution in [1.82, 2.24) is 5.32 Å². The van der Waals surface area contributed by atoms with Gasteiger partial charge in [0.2, 0.25) is 0 Å². The largest absolute Gasteiger partial charge is 0.352 e. The van der Waals surface area contributed by atoms with E-state index in [4.69, 9.17) is 0 Å². The second-order valence-corrected chi connectivity index (χ2v) is 6.10. The molecule has 2 aromatic carbocycles. The monoisotopic (exact) mass is 338 g/mol. The van der Waals surface area contributed by atoms with Crippen molar-refractivity contribution in [2.24, 2.45) is 0 Å². The summed E-state index contributed by atoms with van der Waals surface area (Å²) in [5, 5.41) is 5.87. The third-order valence-corrected chi connectivity index (χ3v) is 4.20. The molecule has 0 spiro atoms. The van der Waals surface area contributed by atoms with Gasteiger partial charge in [-0.05, 0) is 55.2 Å². The highest BCUT2D eigenvalue weighted by atomic mass is 16.2. The molecule has 2 aromatic rings. The summed E-state index contributed by atoms with van der Waals surface area (Å²) < 4.78 is 0. The summed E-state index contributed by atoms with van der Waals surface area (Å²) in [5.74, 6) is -0.269. The fourth-order valence-electron chi connectivity index (χ4n) is 2.64. The molecule has 2 rings (SSSR count). The van der Waals surface area contributed by atoms with Crippen molar-refractivity contribution >= 4 is 17.5 Å². The van der Waals surface area contributed by atoms with Gasteiger partial charge in [0.1, 0.15) is 0 Å². The summed E-state index contributed by atoms with van der Waals surface area (Å²) in [4.78, 5) is 24.5. The normalized spacial score (nSPS) is 10.4. The van der Waals surface area contributed by atoms with Crippen molar-refractivity contribution in [2.45, 2.75) is 40.0 Å². The molecule has 0 saturated carbocycles. The molecule has 2 amide bonds. The molecule has 25 heavy (non-hydrogen) atoms. The van der Waals surface area contributed by atoms with E-state index < -0.39 is 0 Å².